The molecule has 0 bridgehead atoms. The van der Waals surface area contributed by atoms with E-state index in [0.717, 1.165) is 0 Å². The molecule has 2 aromatic rings. The Labute approximate surface area is 110 Å². The van der Waals surface area contributed by atoms with Crippen molar-refractivity contribution in [2.45, 2.75) is 4.90 Å². The van der Waals surface area contributed by atoms with E-state index in [0.29, 0.717) is 5.02 Å². The number of sulfonamides is 1. The SMILES string of the molecule is Nc1cccnc1NS(=O)(=O)c1cccc(Cl)c1. The van der Waals surface area contributed by atoms with Gasteiger partial charge in [0, 0.05) is 11.2 Å². The second kappa shape index (κ2) is 4.83. The van der Waals surface area contributed by atoms with Gasteiger partial charge in [0.25, 0.3) is 10.0 Å². The third-order valence-corrected chi connectivity index (χ3v) is 3.75. The van der Waals surface area contributed by atoms with Crippen molar-refractivity contribution in [3.63, 3.8) is 0 Å². The van der Waals surface area contributed by atoms with E-state index in [9.17, 15) is 8.42 Å². The molecule has 0 fully saturated rings. The summed E-state index contributed by atoms with van der Waals surface area (Å²) in [6.07, 6.45) is 1.45. The number of pyridine rings is 1. The molecule has 0 atom stereocenters. The number of nitrogens with two attached hydrogens (primary N) is 1. The van der Waals surface area contributed by atoms with Crippen molar-refractivity contribution in [3.05, 3.63) is 47.6 Å². The van der Waals surface area contributed by atoms with Crippen molar-refractivity contribution in [1.82, 2.24) is 4.98 Å². The third kappa shape index (κ3) is 2.72. The van der Waals surface area contributed by atoms with Gasteiger partial charge in [-0.05, 0) is 30.3 Å². The highest BCUT2D eigenvalue weighted by atomic mass is 35.5. The van der Waals surface area contributed by atoms with Crippen LogP contribution in [0.5, 0.6) is 0 Å². The zero-order chi connectivity index (χ0) is 13.2. The largest absolute Gasteiger partial charge is 0.396 e. The van der Waals surface area contributed by atoms with E-state index < -0.39 is 10.0 Å². The Balaban J connectivity index is 2.37. The normalized spacial score (nSPS) is 11.2. The molecule has 0 spiro atoms. The summed E-state index contributed by atoms with van der Waals surface area (Å²) in [6.45, 7) is 0. The monoisotopic (exact) mass is 283 g/mol. The van der Waals surface area contributed by atoms with Crippen molar-refractivity contribution in [2.24, 2.45) is 0 Å². The first kappa shape index (κ1) is 12.7. The van der Waals surface area contributed by atoms with E-state index in [2.05, 4.69) is 9.71 Å². The van der Waals surface area contributed by atoms with Crippen molar-refractivity contribution < 1.29 is 8.42 Å². The highest BCUT2D eigenvalue weighted by Gasteiger charge is 2.16. The van der Waals surface area contributed by atoms with E-state index >= 15 is 0 Å². The van der Waals surface area contributed by atoms with E-state index in [1.54, 1.807) is 24.3 Å². The molecule has 5 nitrogen and oxygen atoms in total. The van der Waals surface area contributed by atoms with Crippen LogP contribution in [0.3, 0.4) is 0 Å². The van der Waals surface area contributed by atoms with Gasteiger partial charge in [-0.15, -0.1) is 0 Å². The Bertz CT molecular complexity index is 673. The minimum atomic E-state index is -3.74. The summed E-state index contributed by atoms with van der Waals surface area (Å²) in [6, 6.07) is 9.11. The fraction of sp³-hybridized carbons (Fsp3) is 0. The van der Waals surface area contributed by atoms with E-state index in [-0.39, 0.29) is 16.4 Å². The molecule has 0 aliphatic carbocycles. The topological polar surface area (TPSA) is 85.1 Å². The molecule has 94 valence electrons. The van der Waals surface area contributed by atoms with Gasteiger partial charge in [0.1, 0.15) is 0 Å². The maximum absolute atomic E-state index is 12.0. The van der Waals surface area contributed by atoms with Crippen LogP contribution in [-0.2, 0) is 10.0 Å². The minimum absolute atomic E-state index is 0.0556. The highest BCUT2D eigenvalue weighted by Crippen LogP contribution is 2.20. The lowest BCUT2D eigenvalue weighted by atomic mass is 10.4. The highest BCUT2D eigenvalue weighted by molar-refractivity contribution is 7.92. The van der Waals surface area contributed by atoms with E-state index in [1.165, 1.54) is 18.3 Å². The van der Waals surface area contributed by atoms with Crippen LogP contribution in [0, 0.1) is 0 Å². The second-order valence-corrected chi connectivity index (χ2v) is 5.62. The quantitative estimate of drug-likeness (QED) is 0.903. The molecule has 0 radical (unpaired) electrons. The van der Waals surface area contributed by atoms with Gasteiger partial charge in [-0.1, -0.05) is 17.7 Å². The summed E-state index contributed by atoms with van der Waals surface area (Å²) >= 11 is 5.75. The van der Waals surface area contributed by atoms with Crippen LogP contribution >= 0.6 is 11.6 Å². The Morgan fingerprint density at radius 1 is 1.22 bits per heavy atom. The van der Waals surface area contributed by atoms with Crippen molar-refractivity contribution in [2.75, 3.05) is 10.5 Å². The second-order valence-electron chi connectivity index (χ2n) is 3.50. The van der Waals surface area contributed by atoms with Gasteiger partial charge in [-0.25, -0.2) is 13.4 Å². The number of nitrogens with one attached hydrogen (secondary N) is 1. The number of anilines is 2. The summed E-state index contributed by atoms with van der Waals surface area (Å²) < 4.78 is 26.4. The van der Waals surface area contributed by atoms with Gasteiger partial charge in [0.05, 0.1) is 10.6 Å². The van der Waals surface area contributed by atoms with Crippen molar-refractivity contribution in [1.29, 1.82) is 0 Å². The molecule has 1 heterocycles. The van der Waals surface area contributed by atoms with Crippen LogP contribution in [0.25, 0.3) is 0 Å². The average Bonchev–Trinajstić information content (AvgIpc) is 2.32. The number of aromatic nitrogens is 1. The van der Waals surface area contributed by atoms with Gasteiger partial charge < -0.3 is 5.73 Å². The summed E-state index contributed by atoms with van der Waals surface area (Å²) in [4.78, 5) is 3.92. The zero-order valence-electron chi connectivity index (χ0n) is 9.17. The van der Waals surface area contributed by atoms with Crippen LogP contribution < -0.4 is 10.5 Å². The van der Waals surface area contributed by atoms with Gasteiger partial charge >= 0.3 is 0 Å². The molecule has 0 amide bonds. The first-order valence-corrected chi connectivity index (χ1v) is 6.84. The van der Waals surface area contributed by atoms with Crippen LogP contribution in [0.2, 0.25) is 5.02 Å². The Kier molecular flexibility index (Phi) is 3.40. The van der Waals surface area contributed by atoms with E-state index in [4.69, 9.17) is 17.3 Å². The minimum Gasteiger partial charge on any atom is -0.396 e. The molecule has 0 saturated carbocycles. The predicted octanol–water partition coefficient (Wildman–Crippen LogP) is 2.12. The molecule has 7 heteroatoms. The Hall–Kier alpha value is -1.79. The summed E-state index contributed by atoms with van der Waals surface area (Å²) in [7, 11) is -3.74. The van der Waals surface area contributed by atoms with Gasteiger partial charge in [0.2, 0.25) is 0 Å². The molecule has 1 aromatic heterocycles. The maximum atomic E-state index is 12.0. The van der Waals surface area contributed by atoms with Crippen LogP contribution in [0.15, 0.2) is 47.5 Å². The lowest BCUT2D eigenvalue weighted by Crippen LogP contribution is -2.15. The van der Waals surface area contributed by atoms with Gasteiger partial charge in [-0.2, -0.15) is 0 Å². The Morgan fingerprint density at radius 2 is 2.00 bits per heavy atom. The number of halogens is 1. The third-order valence-electron chi connectivity index (χ3n) is 2.18. The van der Waals surface area contributed by atoms with E-state index in [1.807, 2.05) is 0 Å². The average molecular weight is 284 g/mol. The number of hydrogen-bond donors (Lipinski definition) is 2. The molecule has 2 rings (SSSR count). The molecule has 0 aliphatic rings. The fourth-order valence-corrected chi connectivity index (χ4v) is 2.66. The standard InChI is InChI=1S/C11H10ClN3O2S/c12-8-3-1-4-9(7-8)18(16,17)15-11-10(13)5-2-6-14-11/h1-7H,13H2,(H,14,15). The van der Waals surface area contributed by atoms with Crippen LogP contribution in [0.1, 0.15) is 0 Å². The van der Waals surface area contributed by atoms with Crippen molar-refractivity contribution in [3.8, 4) is 0 Å². The number of hydrogen-bond acceptors (Lipinski definition) is 4. The smallest absolute Gasteiger partial charge is 0.263 e. The predicted molar refractivity (Wildman–Crippen MR) is 70.9 cm³/mol. The molecule has 18 heavy (non-hydrogen) atoms. The van der Waals surface area contributed by atoms with Crippen LogP contribution in [0.4, 0.5) is 11.5 Å². The molecule has 0 saturated heterocycles. The van der Waals surface area contributed by atoms with Gasteiger partial charge in [-0.3, -0.25) is 4.72 Å². The first-order valence-electron chi connectivity index (χ1n) is 4.98. The first-order chi connectivity index (χ1) is 8.49. The number of nitrogen functional groups attached to an aromatic ring is 1. The summed E-state index contributed by atoms with van der Waals surface area (Å²) in [5, 5.41) is 0.340. The molecular weight excluding hydrogens is 274 g/mol. The number of rotatable bonds is 3. The lowest BCUT2D eigenvalue weighted by Gasteiger charge is -2.09. The number of benzene rings is 1. The van der Waals surface area contributed by atoms with Crippen LogP contribution in [-0.4, -0.2) is 13.4 Å². The molecule has 0 aliphatic heterocycles. The zero-order valence-corrected chi connectivity index (χ0v) is 10.7. The maximum Gasteiger partial charge on any atom is 0.263 e. The molecule has 3 N–H and O–H groups in total. The lowest BCUT2D eigenvalue weighted by molar-refractivity contribution is 0.601. The molecular formula is C11H10ClN3O2S. The number of nitrogens with zero attached hydrogens (tertiary/aromatic N) is 1. The Morgan fingerprint density at radius 3 is 2.67 bits per heavy atom. The molecule has 1 aromatic carbocycles. The summed E-state index contributed by atoms with van der Waals surface area (Å²) in [5.41, 5.74) is 5.87. The molecule has 0 unspecified atom stereocenters. The fourth-order valence-electron chi connectivity index (χ4n) is 1.32. The van der Waals surface area contributed by atoms with Gasteiger partial charge in [0.15, 0.2) is 5.82 Å². The summed E-state index contributed by atoms with van der Waals surface area (Å²) in [5.74, 6) is 0.0949. The van der Waals surface area contributed by atoms with Crippen molar-refractivity contribution >= 4 is 33.1 Å².